The van der Waals surface area contributed by atoms with Gasteiger partial charge in [-0.3, -0.25) is 4.79 Å². The predicted octanol–water partition coefficient (Wildman–Crippen LogP) is 2.58. The molecule has 1 aromatic rings. The first kappa shape index (κ1) is 13.4. The molecule has 1 heterocycles. The van der Waals surface area contributed by atoms with Crippen molar-refractivity contribution in [1.82, 2.24) is 0 Å². The molecule has 1 aliphatic carbocycles. The van der Waals surface area contributed by atoms with Crippen molar-refractivity contribution in [1.29, 1.82) is 0 Å². The van der Waals surface area contributed by atoms with Crippen LogP contribution in [0.5, 0.6) is 0 Å². The Morgan fingerprint density at radius 3 is 2.70 bits per heavy atom. The number of benzene rings is 1. The van der Waals surface area contributed by atoms with Gasteiger partial charge in [0.05, 0.1) is 5.69 Å². The number of rotatable bonds is 2. The number of aliphatic hydroxyl groups is 1. The zero-order valence-electron chi connectivity index (χ0n) is 11.5. The Bertz CT molecular complexity index is 541. The second-order valence-electron chi connectivity index (χ2n) is 5.69. The van der Waals surface area contributed by atoms with E-state index in [2.05, 4.69) is 5.32 Å². The normalized spacial score (nSPS) is 22.6. The summed E-state index contributed by atoms with van der Waals surface area (Å²) in [5, 5.41) is 12.3. The van der Waals surface area contributed by atoms with E-state index in [1.54, 1.807) is 6.07 Å². The van der Waals surface area contributed by atoms with Crippen molar-refractivity contribution in [2.24, 2.45) is 0 Å². The van der Waals surface area contributed by atoms with E-state index in [0.717, 1.165) is 12.8 Å². The lowest BCUT2D eigenvalue weighted by Gasteiger charge is -2.33. The third kappa shape index (κ3) is 2.16. The van der Waals surface area contributed by atoms with Crippen LogP contribution in [0.25, 0.3) is 0 Å². The lowest BCUT2D eigenvalue weighted by atomic mass is 9.94. The van der Waals surface area contributed by atoms with Crippen molar-refractivity contribution in [3.8, 4) is 0 Å². The molecule has 0 radical (unpaired) electrons. The van der Waals surface area contributed by atoms with Crippen molar-refractivity contribution in [2.75, 3.05) is 17.3 Å². The minimum absolute atomic E-state index is 0.327. The number of nitrogens with one attached hydrogen (secondary N) is 1. The number of amides is 1. The van der Waals surface area contributed by atoms with E-state index in [1.807, 2.05) is 11.9 Å². The highest BCUT2D eigenvalue weighted by Gasteiger charge is 2.31. The van der Waals surface area contributed by atoms with Gasteiger partial charge in [-0.1, -0.05) is 19.3 Å². The van der Waals surface area contributed by atoms with E-state index in [9.17, 15) is 14.3 Å². The van der Waals surface area contributed by atoms with Gasteiger partial charge in [0.25, 0.3) is 5.91 Å². The molecule has 1 saturated carbocycles. The topological polar surface area (TPSA) is 52.6 Å². The molecule has 2 aliphatic rings. The van der Waals surface area contributed by atoms with Crippen LogP contribution in [0.2, 0.25) is 0 Å². The quantitative estimate of drug-likeness (QED) is 0.874. The molecule has 4 nitrogen and oxygen atoms in total. The van der Waals surface area contributed by atoms with Gasteiger partial charge in [-0.25, -0.2) is 4.39 Å². The van der Waals surface area contributed by atoms with Crippen LogP contribution in [0.1, 0.15) is 43.8 Å². The minimum atomic E-state index is -1.26. The van der Waals surface area contributed by atoms with Gasteiger partial charge in [-0.05, 0) is 25.0 Å². The maximum atomic E-state index is 14.3. The first-order chi connectivity index (χ1) is 9.58. The van der Waals surface area contributed by atoms with Gasteiger partial charge >= 0.3 is 0 Å². The third-order valence-electron chi connectivity index (χ3n) is 4.42. The van der Waals surface area contributed by atoms with Crippen molar-refractivity contribution in [3.05, 3.63) is 23.5 Å². The highest BCUT2D eigenvalue weighted by atomic mass is 19.1. The zero-order chi connectivity index (χ0) is 14.3. The Morgan fingerprint density at radius 2 is 2.00 bits per heavy atom. The average Bonchev–Trinajstić information content (AvgIpc) is 2.74. The molecule has 5 heteroatoms. The molecule has 1 aromatic carbocycles. The third-order valence-corrected chi connectivity index (χ3v) is 4.42. The average molecular weight is 278 g/mol. The predicted molar refractivity (Wildman–Crippen MR) is 75.3 cm³/mol. The SMILES string of the molecule is CN(c1cc2c(cc1F)C(O)C(=O)N2)C1CCCCC1. The molecule has 3 rings (SSSR count). The van der Waals surface area contributed by atoms with Crippen LogP contribution in [0.4, 0.5) is 15.8 Å². The van der Waals surface area contributed by atoms with Crippen LogP contribution >= 0.6 is 0 Å². The molecule has 1 amide bonds. The Labute approximate surface area is 117 Å². The monoisotopic (exact) mass is 278 g/mol. The fraction of sp³-hybridized carbons (Fsp3) is 0.533. The fourth-order valence-electron chi connectivity index (χ4n) is 3.19. The summed E-state index contributed by atoms with van der Waals surface area (Å²) in [5.74, 6) is -0.871. The number of halogens is 1. The molecule has 1 unspecified atom stereocenters. The van der Waals surface area contributed by atoms with E-state index in [-0.39, 0.29) is 5.82 Å². The van der Waals surface area contributed by atoms with Gasteiger partial charge in [0.2, 0.25) is 0 Å². The molecule has 1 fully saturated rings. The fourth-order valence-corrected chi connectivity index (χ4v) is 3.19. The lowest BCUT2D eigenvalue weighted by molar-refractivity contribution is -0.123. The van der Waals surface area contributed by atoms with Crippen LogP contribution in [-0.4, -0.2) is 24.1 Å². The number of hydrogen-bond donors (Lipinski definition) is 2. The highest BCUT2D eigenvalue weighted by molar-refractivity contribution is 6.02. The summed E-state index contributed by atoms with van der Waals surface area (Å²) >= 11 is 0. The van der Waals surface area contributed by atoms with Gasteiger partial charge < -0.3 is 15.3 Å². The standard InChI is InChI=1S/C15H19FN2O2/c1-18(9-5-3-2-4-6-9)13-8-12-10(7-11(13)16)14(19)15(20)17-12/h7-9,14,19H,2-6H2,1H3,(H,17,20). The van der Waals surface area contributed by atoms with Gasteiger partial charge in [0.15, 0.2) is 6.10 Å². The number of nitrogens with zero attached hydrogens (tertiary/aromatic N) is 1. The van der Waals surface area contributed by atoms with E-state index in [4.69, 9.17) is 0 Å². The van der Waals surface area contributed by atoms with Crippen molar-refractivity contribution >= 4 is 17.3 Å². The highest BCUT2D eigenvalue weighted by Crippen LogP contribution is 2.37. The Morgan fingerprint density at radius 1 is 1.30 bits per heavy atom. The minimum Gasteiger partial charge on any atom is -0.378 e. The summed E-state index contributed by atoms with van der Waals surface area (Å²) in [4.78, 5) is 13.4. The van der Waals surface area contributed by atoms with Gasteiger partial charge in [-0.15, -0.1) is 0 Å². The molecular formula is C15H19FN2O2. The maximum absolute atomic E-state index is 14.3. The van der Waals surface area contributed by atoms with Crippen LogP contribution < -0.4 is 10.2 Å². The molecular weight excluding hydrogens is 259 g/mol. The molecule has 1 aliphatic heterocycles. The van der Waals surface area contributed by atoms with Crippen molar-refractivity contribution in [2.45, 2.75) is 44.2 Å². The summed E-state index contributed by atoms with van der Waals surface area (Å²) in [5.41, 5.74) is 1.33. The number of fused-ring (bicyclic) bond motifs is 1. The van der Waals surface area contributed by atoms with Crippen molar-refractivity contribution < 1.29 is 14.3 Å². The Hall–Kier alpha value is -1.62. The van der Waals surface area contributed by atoms with Gasteiger partial charge in [-0.2, -0.15) is 0 Å². The number of hydrogen-bond acceptors (Lipinski definition) is 3. The van der Waals surface area contributed by atoms with E-state index in [0.29, 0.717) is 23.0 Å². The van der Waals surface area contributed by atoms with Crippen LogP contribution in [0, 0.1) is 5.82 Å². The van der Waals surface area contributed by atoms with Gasteiger partial charge in [0.1, 0.15) is 5.82 Å². The number of carbonyl (C=O) groups excluding carboxylic acids is 1. The van der Waals surface area contributed by atoms with Crippen molar-refractivity contribution in [3.63, 3.8) is 0 Å². The van der Waals surface area contributed by atoms with Gasteiger partial charge in [0, 0.05) is 24.3 Å². The van der Waals surface area contributed by atoms with Crippen LogP contribution in [0.15, 0.2) is 12.1 Å². The largest absolute Gasteiger partial charge is 0.378 e. The molecule has 0 bridgehead atoms. The van der Waals surface area contributed by atoms with Crippen LogP contribution in [-0.2, 0) is 4.79 Å². The summed E-state index contributed by atoms with van der Waals surface area (Å²) in [6.45, 7) is 0. The second kappa shape index (κ2) is 5.05. The smallest absolute Gasteiger partial charge is 0.257 e. The summed E-state index contributed by atoms with van der Waals surface area (Å²) in [6.07, 6.45) is 4.49. The van der Waals surface area contributed by atoms with E-state index >= 15 is 0 Å². The second-order valence-corrected chi connectivity index (χ2v) is 5.69. The summed E-state index contributed by atoms with van der Waals surface area (Å²) in [7, 11) is 1.90. The zero-order valence-corrected chi connectivity index (χ0v) is 11.5. The Kier molecular flexibility index (Phi) is 3.38. The molecule has 0 saturated heterocycles. The molecule has 1 atom stereocenters. The molecule has 20 heavy (non-hydrogen) atoms. The summed E-state index contributed by atoms with van der Waals surface area (Å²) in [6, 6.07) is 3.25. The number of carbonyl (C=O) groups is 1. The molecule has 108 valence electrons. The van der Waals surface area contributed by atoms with E-state index in [1.165, 1.54) is 25.3 Å². The first-order valence-corrected chi connectivity index (χ1v) is 7.13. The first-order valence-electron chi connectivity index (χ1n) is 7.13. The number of aliphatic hydroxyl groups excluding tert-OH is 1. The Balaban J connectivity index is 1.91. The molecule has 0 spiro atoms. The van der Waals surface area contributed by atoms with Crippen LogP contribution in [0.3, 0.4) is 0 Å². The summed E-state index contributed by atoms with van der Waals surface area (Å²) < 4.78 is 14.3. The lowest BCUT2D eigenvalue weighted by Crippen LogP contribution is -2.33. The maximum Gasteiger partial charge on any atom is 0.257 e. The number of anilines is 2. The molecule has 2 N–H and O–H groups in total. The van der Waals surface area contributed by atoms with E-state index < -0.39 is 12.0 Å². The molecule has 0 aromatic heterocycles.